The van der Waals surface area contributed by atoms with E-state index in [4.69, 9.17) is 0 Å². The van der Waals surface area contributed by atoms with E-state index in [0.717, 1.165) is 17.6 Å². The van der Waals surface area contributed by atoms with Crippen LogP contribution in [-0.2, 0) is 5.60 Å². The Balaban J connectivity index is 1.78. The van der Waals surface area contributed by atoms with Crippen LogP contribution in [0.1, 0.15) is 24.7 Å². The minimum absolute atomic E-state index is 0.111. The molecule has 0 saturated heterocycles. The highest BCUT2D eigenvalue weighted by Gasteiger charge is 2.39. The fourth-order valence-electron chi connectivity index (χ4n) is 3.39. The molecule has 2 aromatic carbocycles. The van der Waals surface area contributed by atoms with E-state index >= 15 is 0 Å². The molecule has 0 radical (unpaired) electrons. The Kier molecular flexibility index (Phi) is 5.86. The predicted octanol–water partition coefficient (Wildman–Crippen LogP) is 5.53. The summed E-state index contributed by atoms with van der Waals surface area (Å²) in [4.78, 5) is 4.49. The Bertz CT molecular complexity index is 1110. The zero-order valence-electron chi connectivity index (χ0n) is 16.1. The number of phenolic OH excluding ortho intramolecular Hbond substituents is 1. The van der Waals surface area contributed by atoms with Crippen LogP contribution < -0.4 is 0 Å². The molecule has 2 N–H and O–H groups in total. The van der Waals surface area contributed by atoms with Gasteiger partial charge in [0, 0.05) is 5.56 Å². The third kappa shape index (κ3) is 3.85. The van der Waals surface area contributed by atoms with E-state index in [1.54, 1.807) is 18.3 Å². The van der Waals surface area contributed by atoms with Crippen LogP contribution >= 0.6 is 31.9 Å². The minimum atomic E-state index is -1.50. The van der Waals surface area contributed by atoms with Crippen LogP contribution in [0.4, 0.5) is 0 Å². The Labute approximate surface area is 191 Å². The van der Waals surface area contributed by atoms with Gasteiger partial charge >= 0.3 is 0 Å². The molecule has 0 fully saturated rings. The molecular formula is C23H19Br2N3O2. The van der Waals surface area contributed by atoms with Crippen LogP contribution in [0.5, 0.6) is 5.75 Å². The molecule has 0 spiro atoms. The Hall–Kier alpha value is -2.35. The zero-order valence-corrected chi connectivity index (χ0v) is 19.3. The smallest absolute Gasteiger partial charge is 0.192 e. The average Bonchev–Trinajstić information content (AvgIpc) is 2.78. The first-order chi connectivity index (χ1) is 14.4. The summed E-state index contributed by atoms with van der Waals surface area (Å²) < 4.78 is 1.07. The van der Waals surface area contributed by atoms with Crippen LogP contribution in [0, 0.1) is 5.92 Å². The number of nitrogens with zero attached hydrogens (tertiary/aromatic N) is 3. The third-order valence-corrected chi connectivity index (χ3v) is 6.33. The van der Waals surface area contributed by atoms with Gasteiger partial charge in [-0.15, -0.1) is 10.2 Å². The topological polar surface area (TPSA) is 79.1 Å². The van der Waals surface area contributed by atoms with Crippen molar-refractivity contribution in [2.45, 2.75) is 18.9 Å². The first-order valence-electron chi connectivity index (χ1n) is 9.45. The van der Waals surface area contributed by atoms with E-state index in [1.165, 1.54) is 0 Å². The molecule has 4 rings (SSSR count). The van der Waals surface area contributed by atoms with Gasteiger partial charge in [-0.1, -0.05) is 55.5 Å². The summed E-state index contributed by atoms with van der Waals surface area (Å²) in [5.74, 6) is 0.737. The number of aromatic nitrogens is 3. The summed E-state index contributed by atoms with van der Waals surface area (Å²) in [6.45, 7) is 2.13. The molecule has 0 amide bonds. The lowest BCUT2D eigenvalue weighted by atomic mass is 9.81. The van der Waals surface area contributed by atoms with Gasteiger partial charge in [0.2, 0.25) is 0 Å². The summed E-state index contributed by atoms with van der Waals surface area (Å²) in [6, 6.07) is 12.9. The SMILES string of the molecule is CC1C=CC(C(O)(c2ccccc2)c2ncc(-c3cc(Br)c(O)c(Br)c3)nn2)=CC1. The molecule has 152 valence electrons. The number of rotatable bonds is 4. The molecule has 30 heavy (non-hydrogen) atoms. The lowest BCUT2D eigenvalue weighted by molar-refractivity contribution is 0.112. The van der Waals surface area contributed by atoms with Crippen molar-refractivity contribution in [3.8, 4) is 17.0 Å². The van der Waals surface area contributed by atoms with Crippen LogP contribution in [-0.4, -0.2) is 25.4 Å². The van der Waals surface area contributed by atoms with Crippen molar-refractivity contribution in [3.63, 3.8) is 0 Å². The number of aliphatic hydroxyl groups is 1. The van der Waals surface area contributed by atoms with Gasteiger partial charge in [0.1, 0.15) is 11.4 Å². The Morgan fingerprint density at radius 1 is 1.07 bits per heavy atom. The maximum absolute atomic E-state index is 11.8. The van der Waals surface area contributed by atoms with Gasteiger partial charge in [-0.25, -0.2) is 4.98 Å². The third-order valence-electron chi connectivity index (χ3n) is 5.12. The fraction of sp³-hybridized carbons (Fsp3) is 0.174. The lowest BCUT2D eigenvalue weighted by Crippen LogP contribution is -2.32. The maximum atomic E-state index is 11.8. The molecule has 0 bridgehead atoms. The standard InChI is InChI=1S/C23H19Br2N3O2/c1-14-7-9-17(10-8-14)23(30,16-5-3-2-4-6-16)22-26-13-20(27-28-22)15-11-18(24)21(29)19(25)12-15/h2-7,9-14,29-30H,8H2,1H3. The highest BCUT2D eigenvalue weighted by molar-refractivity contribution is 9.11. The number of hydrogen-bond acceptors (Lipinski definition) is 5. The molecule has 1 heterocycles. The van der Waals surface area contributed by atoms with Crippen LogP contribution in [0.25, 0.3) is 11.3 Å². The number of aromatic hydroxyl groups is 1. The molecule has 3 aromatic rings. The first-order valence-corrected chi connectivity index (χ1v) is 11.0. The van der Waals surface area contributed by atoms with Crippen LogP contribution in [0.2, 0.25) is 0 Å². The number of halogens is 2. The second-order valence-electron chi connectivity index (χ2n) is 7.26. The van der Waals surface area contributed by atoms with Crippen molar-refractivity contribution in [2.75, 3.05) is 0 Å². The zero-order chi connectivity index (χ0) is 21.3. The van der Waals surface area contributed by atoms with Crippen LogP contribution in [0.3, 0.4) is 0 Å². The minimum Gasteiger partial charge on any atom is -0.506 e. The lowest BCUT2D eigenvalue weighted by Gasteiger charge is -2.30. The molecular weight excluding hydrogens is 510 g/mol. The van der Waals surface area contributed by atoms with Gasteiger partial charge in [-0.2, -0.15) is 0 Å². The van der Waals surface area contributed by atoms with Crippen molar-refractivity contribution in [1.82, 2.24) is 15.2 Å². The van der Waals surface area contributed by atoms with Crippen molar-refractivity contribution in [1.29, 1.82) is 0 Å². The predicted molar refractivity (Wildman–Crippen MR) is 123 cm³/mol. The Morgan fingerprint density at radius 2 is 1.77 bits per heavy atom. The quantitative estimate of drug-likeness (QED) is 0.465. The van der Waals surface area contributed by atoms with E-state index in [-0.39, 0.29) is 11.6 Å². The molecule has 5 nitrogen and oxygen atoms in total. The Morgan fingerprint density at radius 3 is 2.33 bits per heavy atom. The molecule has 1 aromatic heterocycles. The van der Waals surface area contributed by atoms with Crippen molar-refractivity contribution >= 4 is 31.9 Å². The van der Waals surface area contributed by atoms with Gasteiger partial charge in [0.05, 0.1) is 15.1 Å². The molecule has 7 heteroatoms. The van der Waals surface area contributed by atoms with Gasteiger partial charge in [-0.3, -0.25) is 0 Å². The molecule has 1 aliphatic carbocycles. The fourth-order valence-corrected chi connectivity index (χ4v) is 4.57. The molecule has 2 atom stereocenters. The van der Waals surface area contributed by atoms with E-state index in [1.807, 2.05) is 42.5 Å². The summed E-state index contributed by atoms with van der Waals surface area (Å²) in [5.41, 5.74) is 1.17. The molecule has 1 aliphatic rings. The van der Waals surface area contributed by atoms with Gasteiger partial charge in [0.25, 0.3) is 0 Å². The molecule has 2 unspecified atom stereocenters. The molecule has 0 aliphatic heterocycles. The summed E-state index contributed by atoms with van der Waals surface area (Å²) in [7, 11) is 0. The van der Waals surface area contributed by atoms with E-state index in [2.05, 4.69) is 60.0 Å². The van der Waals surface area contributed by atoms with Gasteiger partial charge in [0.15, 0.2) is 11.4 Å². The van der Waals surface area contributed by atoms with Crippen LogP contribution in [0.15, 0.2) is 81.4 Å². The second-order valence-corrected chi connectivity index (χ2v) is 8.97. The largest absolute Gasteiger partial charge is 0.506 e. The van der Waals surface area contributed by atoms with Crippen molar-refractivity contribution in [3.05, 3.63) is 92.8 Å². The highest BCUT2D eigenvalue weighted by Crippen LogP contribution is 2.39. The maximum Gasteiger partial charge on any atom is 0.192 e. The number of hydrogen-bond donors (Lipinski definition) is 2. The van der Waals surface area contributed by atoms with Crippen molar-refractivity contribution < 1.29 is 10.2 Å². The monoisotopic (exact) mass is 527 g/mol. The van der Waals surface area contributed by atoms with Gasteiger partial charge < -0.3 is 10.2 Å². The van der Waals surface area contributed by atoms with E-state index < -0.39 is 5.60 Å². The summed E-state index contributed by atoms with van der Waals surface area (Å²) >= 11 is 6.65. The van der Waals surface area contributed by atoms with Crippen molar-refractivity contribution in [2.24, 2.45) is 5.92 Å². The summed E-state index contributed by atoms with van der Waals surface area (Å²) in [5, 5.41) is 30.4. The highest BCUT2D eigenvalue weighted by atomic mass is 79.9. The average molecular weight is 529 g/mol. The normalized spacial score (nSPS) is 18.0. The number of allylic oxidation sites excluding steroid dienone is 2. The summed E-state index contributed by atoms with van der Waals surface area (Å²) in [6.07, 6.45) is 8.46. The number of benzene rings is 2. The van der Waals surface area contributed by atoms with E-state index in [9.17, 15) is 10.2 Å². The second kappa shape index (κ2) is 8.41. The molecule has 0 saturated carbocycles. The number of phenols is 1. The van der Waals surface area contributed by atoms with Gasteiger partial charge in [-0.05, 0) is 67.5 Å². The first kappa shape index (κ1) is 20.9. The van der Waals surface area contributed by atoms with E-state index in [0.29, 0.717) is 26.1 Å².